The monoisotopic (exact) mass is 372 g/mol. The average Bonchev–Trinajstić information content (AvgIpc) is 2.63. The molecule has 2 aromatic rings. The normalized spacial score (nSPS) is 10.8. The van der Waals surface area contributed by atoms with E-state index in [9.17, 15) is 18.5 Å². The zero-order valence-corrected chi connectivity index (χ0v) is 15.5. The topological polar surface area (TPSA) is 94.4 Å². The molecule has 8 heteroatoms. The Morgan fingerprint density at radius 3 is 2.46 bits per heavy atom. The van der Waals surface area contributed by atoms with Gasteiger partial charge in [-0.25, -0.2) is 8.42 Å². The summed E-state index contributed by atoms with van der Waals surface area (Å²) in [6.07, 6.45) is 5.02. The number of sulfonamides is 1. The van der Waals surface area contributed by atoms with Crippen molar-refractivity contribution in [2.45, 2.75) is 6.42 Å². The van der Waals surface area contributed by atoms with E-state index in [1.54, 1.807) is 31.6 Å². The van der Waals surface area contributed by atoms with Gasteiger partial charge in [0.15, 0.2) is 0 Å². The first-order valence-corrected chi connectivity index (χ1v) is 9.77. The molecule has 26 heavy (non-hydrogen) atoms. The van der Waals surface area contributed by atoms with Gasteiger partial charge in [0.25, 0.3) is 0 Å². The van der Waals surface area contributed by atoms with Gasteiger partial charge in [0.2, 0.25) is 15.9 Å². The van der Waals surface area contributed by atoms with Crippen LogP contribution in [0.2, 0.25) is 0 Å². The predicted octanol–water partition coefficient (Wildman–Crippen LogP) is 1.42. The second-order valence-corrected chi connectivity index (χ2v) is 7.73. The van der Waals surface area contributed by atoms with E-state index in [1.807, 2.05) is 18.2 Å². The maximum atomic E-state index is 12.5. The van der Waals surface area contributed by atoms with Gasteiger partial charge in [-0.15, -0.1) is 0 Å². The number of nitrogens with zero attached hydrogens (tertiary/aromatic N) is 4. The highest BCUT2D eigenvalue weighted by Crippen LogP contribution is 2.22. The second-order valence-electron chi connectivity index (χ2n) is 5.82. The highest BCUT2D eigenvalue weighted by molar-refractivity contribution is 7.92. The first kappa shape index (κ1) is 19.4. The molecule has 0 atom stereocenters. The van der Waals surface area contributed by atoms with E-state index in [2.05, 4.69) is 4.98 Å². The lowest BCUT2D eigenvalue weighted by molar-refractivity contribution is -0.128. The average molecular weight is 372 g/mol. The van der Waals surface area contributed by atoms with Gasteiger partial charge in [0.1, 0.15) is 12.6 Å². The second kappa shape index (κ2) is 8.45. The molecule has 0 unspecified atom stereocenters. The molecule has 0 aliphatic heterocycles. The van der Waals surface area contributed by atoms with Crippen molar-refractivity contribution in [3.05, 3.63) is 59.9 Å². The first-order chi connectivity index (χ1) is 12.3. The summed E-state index contributed by atoms with van der Waals surface area (Å²) in [5, 5.41) is 9.21. The molecule has 0 radical (unpaired) electrons. The molecule has 1 aromatic carbocycles. The van der Waals surface area contributed by atoms with Crippen molar-refractivity contribution >= 4 is 21.6 Å². The fourth-order valence-corrected chi connectivity index (χ4v) is 3.24. The van der Waals surface area contributed by atoms with Crippen LogP contribution in [-0.4, -0.2) is 50.6 Å². The molecular formula is C18H20N4O3S. The largest absolute Gasteiger partial charge is 0.344 e. The van der Waals surface area contributed by atoms with Crippen molar-refractivity contribution in [3.63, 3.8) is 0 Å². The molecule has 0 saturated carbocycles. The molecule has 0 aliphatic carbocycles. The zero-order valence-electron chi connectivity index (χ0n) is 14.7. The summed E-state index contributed by atoms with van der Waals surface area (Å²) in [7, 11) is -2.09. The lowest BCUT2D eigenvalue weighted by Crippen LogP contribution is -2.42. The van der Waals surface area contributed by atoms with Crippen LogP contribution in [0, 0.1) is 11.3 Å². The standard InChI is InChI=1S/C18H20N4O3S/c1-21(12-9-15-7-10-20-11-8-15)18(23)14-22(26(2,24)25)17-6-4-3-5-16(17)13-19/h3-8,10-11H,9,12,14H2,1-2H3. The molecule has 136 valence electrons. The molecule has 0 fully saturated rings. The number of pyridine rings is 1. The minimum absolute atomic E-state index is 0.199. The van der Waals surface area contributed by atoms with Crippen molar-refractivity contribution < 1.29 is 13.2 Å². The predicted molar refractivity (Wildman–Crippen MR) is 98.9 cm³/mol. The quantitative estimate of drug-likeness (QED) is 0.733. The van der Waals surface area contributed by atoms with E-state index in [4.69, 9.17) is 0 Å². The Hall–Kier alpha value is -2.92. The van der Waals surface area contributed by atoms with Crippen LogP contribution in [0.3, 0.4) is 0 Å². The van der Waals surface area contributed by atoms with Crippen molar-refractivity contribution in [1.29, 1.82) is 5.26 Å². The first-order valence-electron chi connectivity index (χ1n) is 7.92. The van der Waals surface area contributed by atoms with Crippen LogP contribution < -0.4 is 4.31 Å². The van der Waals surface area contributed by atoms with Gasteiger partial charge in [-0.1, -0.05) is 12.1 Å². The number of carbonyl (C=O) groups excluding carboxylic acids is 1. The van der Waals surface area contributed by atoms with Crippen molar-refractivity contribution in [3.8, 4) is 6.07 Å². The Balaban J connectivity index is 2.13. The highest BCUT2D eigenvalue weighted by atomic mass is 32.2. The van der Waals surface area contributed by atoms with Crippen molar-refractivity contribution in [2.24, 2.45) is 0 Å². The lowest BCUT2D eigenvalue weighted by Gasteiger charge is -2.25. The third-order valence-electron chi connectivity index (χ3n) is 3.88. The maximum Gasteiger partial charge on any atom is 0.243 e. The lowest BCUT2D eigenvalue weighted by atomic mass is 10.2. The zero-order chi connectivity index (χ0) is 19.2. The van der Waals surface area contributed by atoms with Crippen LogP contribution in [0.5, 0.6) is 0 Å². The fourth-order valence-electron chi connectivity index (χ4n) is 2.38. The van der Waals surface area contributed by atoms with Crippen LogP contribution in [0.25, 0.3) is 0 Å². The summed E-state index contributed by atoms with van der Waals surface area (Å²) in [4.78, 5) is 17.9. The molecular weight excluding hydrogens is 352 g/mol. The third kappa shape index (κ3) is 5.04. The van der Waals surface area contributed by atoms with E-state index < -0.39 is 10.0 Å². The van der Waals surface area contributed by atoms with Gasteiger partial charge >= 0.3 is 0 Å². The number of benzene rings is 1. The summed E-state index contributed by atoms with van der Waals surface area (Å²) >= 11 is 0. The van der Waals surface area contributed by atoms with E-state index >= 15 is 0 Å². The summed E-state index contributed by atoms with van der Waals surface area (Å²) in [5.74, 6) is -0.350. The smallest absolute Gasteiger partial charge is 0.243 e. The highest BCUT2D eigenvalue weighted by Gasteiger charge is 2.24. The molecule has 1 aromatic heterocycles. The third-order valence-corrected chi connectivity index (χ3v) is 5.01. The summed E-state index contributed by atoms with van der Waals surface area (Å²) < 4.78 is 25.3. The number of hydrogen-bond acceptors (Lipinski definition) is 5. The van der Waals surface area contributed by atoms with Gasteiger partial charge in [-0.05, 0) is 36.2 Å². The molecule has 0 N–H and O–H groups in total. The van der Waals surface area contributed by atoms with Gasteiger partial charge in [-0.2, -0.15) is 5.26 Å². The molecule has 2 rings (SSSR count). The molecule has 0 spiro atoms. The van der Waals surface area contributed by atoms with Crippen LogP contribution >= 0.6 is 0 Å². The number of aromatic nitrogens is 1. The van der Waals surface area contributed by atoms with Crippen LogP contribution in [0.15, 0.2) is 48.8 Å². The number of amides is 1. The number of para-hydroxylation sites is 1. The Bertz CT molecular complexity index is 908. The van der Waals surface area contributed by atoms with E-state index in [-0.39, 0.29) is 23.7 Å². The van der Waals surface area contributed by atoms with Gasteiger partial charge in [0, 0.05) is 26.0 Å². The van der Waals surface area contributed by atoms with Crippen molar-refractivity contribution in [2.75, 3.05) is 30.7 Å². The summed E-state index contributed by atoms with van der Waals surface area (Å²) in [6.45, 7) is 0.0880. The molecule has 0 aliphatic rings. The van der Waals surface area contributed by atoms with Crippen LogP contribution in [0.1, 0.15) is 11.1 Å². The Kier molecular flexibility index (Phi) is 6.31. The molecule has 1 amide bonds. The number of hydrogen-bond donors (Lipinski definition) is 0. The number of carbonyl (C=O) groups is 1. The SMILES string of the molecule is CN(CCc1ccncc1)C(=O)CN(c1ccccc1C#N)S(C)(=O)=O. The number of likely N-dealkylation sites (N-methyl/N-ethyl adjacent to an activating group) is 1. The minimum atomic E-state index is -3.72. The van der Waals surface area contributed by atoms with Gasteiger partial charge in [-0.3, -0.25) is 14.1 Å². The van der Waals surface area contributed by atoms with Gasteiger partial charge in [0.05, 0.1) is 17.5 Å². The Morgan fingerprint density at radius 2 is 1.85 bits per heavy atom. The van der Waals surface area contributed by atoms with E-state index in [1.165, 1.54) is 17.0 Å². The molecule has 1 heterocycles. The van der Waals surface area contributed by atoms with Crippen LogP contribution in [0.4, 0.5) is 5.69 Å². The number of rotatable bonds is 7. The molecule has 7 nitrogen and oxygen atoms in total. The minimum Gasteiger partial charge on any atom is -0.344 e. The molecule has 0 bridgehead atoms. The Labute approximate surface area is 153 Å². The summed E-state index contributed by atoms with van der Waals surface area (Å²) in [6, 6.07) is 12.0. The van der Waals surface area contributed by atoms with Gasteiger partial charge < -0.3 is 4.90 Å². The van der Waals surface area contributed by atoms with Crippen LogP contribution in [-0.2, 0) is 21.2 Å². The Morgan fingerprint density at radius 1 is 1.19 bits per heavy atom. The number of nitriles is 1. The van der Waals surface area contributed by atoms with E-state index in [0.29, 0.717) is 13.0 Å². The summed E-state index contributed by atoms with van der Waals surface area (Å²) in [5.41, 5.74) is 1.44. The fraction of sp³-hybridized carbons (Fsp3) is 0.278. The molecule has 0 saturated heterocycles. The van der Waals surface area contributed by atoms with E-state index in [0.717, 1.165) is 16.1 Å². The maximum absolute atomic E-state index is 12.5. The van der Waals surface area contributed by atoms with Crippen molar-refractivity contribution in [1.82, 2.24) is 9.88 Å². The number of anilines is 1.